The van der Waals surface area contributed by atoms with Gasteiger partial charge >= 0.3 is 6.01 Å². The number of rotatable bonds is 6. The summed E-state index contributed by atoms with van der Waals surface area (Å²) in [6.07, 6.45) is 5.79. The minimum absolute atomic E-state index is 0.000894. The van der Waals surface area contributed by atoms with Crippen molar-refractivity contribution in [2.75, 3.05) is 55.8 Å². The van der Waals surface area contributed by atoms with Crippen LogP contribution in [-0.4, -0.2) is 82.0 Å². The van der Waals surface area contributed by atoms with E-state index in [4.69, 9.17) is 38.7 Å². The van der Waals surface area contributed by atoms with Gasteiger partial charge in [0.2, 0.25) is 5.91 Å². The van der Waals surface area contributed by atoms with E-state index >= 15 is 4.39 Å². The van der Waals surface area contributed by atoms with Crippen LogP contribution in [0.4, 0.5) is 19.6 Å². The predicted octanol–water partition coefficient (Wildman–Crippen LogP) is 6.32. The molecule has 4 aromatic rings. The Morgan fingerprint density at radius 2 is 1.89 bits per heavy atom. The third-order valence-electron chi connectivity index (χ3n) is 10.7. The van der Waals surface area contributed by atoms with Crippen LogP contribution < -0.4 is 15.4 Å². The highest BCUT2D eigenvalue weighted by Crippen LogP contribution is 2.47. The zero-order valence-corrected chi connectivity index (χ0v) is 27.8. The Kier molecular flexibility index (Phi) is 7.40. The van der Waals surface area contributed by atoms with E-state index in [0.717, 1.165) is 56.5 Å². The largest absolute Gasteiger partial charge is 0.461 e. The number of amides is 1. The number of halogens is 4. The Bertz CT molecular complexity index is 2010. The molecule has 4 aliphatic rings. The van der Waals surface area contributed by atoms with Crippen molar-refractivity contribution in [3.8, 4) is 23.2 Å². The topological polar surface area (TPSA) is 112 Å². The summed E-state index contributed by atoms with van der Waals surface area (Å²) >= 11 is 13.7. The van der Waals surface area contributed by atoms with Crippen molar-refractivity contribution >= 4 is 72.3 Å². The molecule has 9 nitrogen and oxygen atoms in total. The number of nitriles is 1. The van der Waals surface area contributed by atoms with Gasteiger partial charge in [-0.3, -0.25) is 9.69 Å². The van der Waals surface area contributed by atoms with Gasteiger partial charge in [-0.15, -0.1) is 22.9 Å². The van der Waals surface area contributed by atoms with Crippen molar-refractivity contribution in [2.45, 2.75) is 49.6 Å². The Labute approximate surface area is 283 Å². The molecule has 4 saturated heterocycles. The summed E-state index contributed by atoms with van der Waals surface area (Å²) in [7, 11) is 0. The van der Waals surface area contributed by atoms with Gasteiger partial charge in [-0.1, -0.05) is 17.7 Å². The smallest absolute Gasteiger partial charge is 0.319 e. The lowest BCUT2D eigenvalue weighted by Crippen LogP contribution is -2.63. The molecule has 2 N–H and O–H groups in total. The Morgan fingerprint density at radius 3 is 2.60 bits per heavy atom. The van der Waals surface area contributed by atoms with Crippen molar-refractivity contribution in [3.63, 3.8) is 0 Å². The first-order valence-electron chi connectivity index (χ1n) is 15.8. The number of benzene rings is 2. The number of nitrogen functional groups attached to an aromatic ring is 1. The third-order valence-corrected chi connectivity index (χ3v) is 12.3. The van der Waals surface area contributed by atoms with E-state index < -0.39 is 11.6 Å². The first-order valence-corrected chi connectivity index (χ1v) is 17.5. The maximum Gasteiger partial charge on any atom is 0.319 e. The van der Waals surface area contributed by atoms with Crippen molar-refractivity contribution in [2.24, 2.45) is 0 Å². The second-order valence-corrected chi connectivity index (χ2v) is 14.8. The van der Waals surface area contributed by atoms with E-state index in [-0.39, 0.29) is 71.2 Å². The monoisotopic (exact) mass is 697 g/mol. The highest BCUT2D eigenvalue weighted by atomic mass is 35.5. The minimum atomic E-state index is -0.736. The fraction of sp³-hybridized carbons (Fsp3) is 0.455. The molecule has 1 atom stereocenters. The number of carbonyl (C=O) groups is 1. The van der Waals surface area contributed by atoms with Crippen LogP contribution >= 0.6 is 34.5 Å². The van der Waals surface area contributed by atoms with Crippen molar-refractivity contribution < 1.29 is 18.3 Å². The molecule has 2 aromatic heterocycles. The number of hydrogen-bond donors (Lipinski definition) is 1. The van der Waals surface area contributed by atoms with Crippen LogP contribution in [0, 0.1) is 23.0 Å². The zero-order valence-electron chi connectivity index (χ0n) is 25.4. The van der Waals surface area contributed by atoms with E-state index in [1.165, 1.54) is 12.1 Å². The van der Waals surface area contributed by atoms with Crippen LogP contribution in [0.15, 0.2) is 18.2 Å². The molecule has 0 saturated carbocycles. The molecule has 0 aliphatic carbocycles. The summed E-state index contributed by atoms with van der Waals surface area (Å²) < 4.78 is 38.4. The molecule has 1 unspecified atom stereocenters. The Balaban J connectivity index is 1.27. The molecule has 47 heavy (non-hydrogen) atoms. The number of likely N-dealkylation sites (tertiary alicyclic amines) is 1. The summed E-state index contributed by atoms with van der Waals surface area (Å²) in [5, 5.41) is 10.7. The number of nitrogens with zero attached hydrogens (tertiary/aromatic N) is 6. The number of ether oxygens (including phenoxy) is 1. The Hall–Kier alpha value is -3.50. The van der Waals surface area contributed by atoms with Crippen LogP contribution in [-0.2, 0) is 4.79 Å². The molecular weight excluding hydrogens is 667 g/mol. The van der Waals surface area contributed by atoms with E-state index in [1.54, 1.807) is 6.07 Å². The molecule has 6 heterocycles. The molecule has 2 aromatic carbocycles. The first kappa shape index (κ1) is 30.8. The second kappa shape index (κ2) is 11.3. The number of fused-ring (bicyclic) bond motifs is 3. The highest BCUT2D eigenvalue weighted by Gasteiger charge is 2.52. The summed E-state index contributed by atoms with van der Waals surface area (Å²) in [6, 6.07) is 6.35. The minimum Gasteiger partial charge on any atom is -0.461 e. The van der Waals surface area contributed by atoms with Gasteiger partial charge in [0.05, 0.1) is 26.4 Å². The van der Waals surface area contributed by atoms with Gasteiger partial charge in [0.1, 0.15) is 40.7 Å². The molecule has 4 aliphatic heterocycles. The maximum atomic E-state index is 17.0. The average molecular weight is 699 g/mol. The maximum absolute atomic E-state index is 17.0. The van der Waals surface area contributed by atoms with E-state index in [9.17, 15) is 14.4 Å². The molecule has 14 heteroatoms. The van der Waals surface area contributed by atoms with E-state index in [1.807, 2.05) is 15.9 Å². The molecule has 4 fully saturated rings. The molecule has 1 spiro atoms. The zero-order chi connectivity index (χ0) is 32.7. The summed E-state index contributed by atoms with van der Waals surface area (Å²) in [6.45, 7) is 4.17. The number of anilines is 2. The first-order chi connectivity index (χ1) is 22.7. The molecule has 0 radical (unpaired) electrons. The lowest BCUT2D eigenvalue weighted by atomic mass is 9.83. The van der Waals surface area contributed by atoms with Gasteiger partial charge in [0.25, 0.3) is 0 Å². The van der Waals surface area contributed by atoms with E-state index in [0.29, 0.717) is 43.9 Å². The van der Waals surface area contributed by atoms with Crippen LogP contribution in [0.25, 0.3) is 32.1 Å². The lowest BCUT2D eigenvalue weighted by Gasteiger charge is -2.50. The number of aromatic nitrogens is 2. The molecule has 0 bridgehead atoms. The number of alkyl halides is 1. The van der Waals surface area contributed by atoms with Gasteiger partial charge in [-0.05, 0) is 69.3 Å². The standard InChI is InChI=1S/C33H31Cl2F2N7O2S/c34-14-23(45)44-12-8-32(44)7-11-42(16-32)30-19-13-21(35)25(18-3-4-22(36)28-24(18)20(15-38)29(39)47-28)26(37)27(19)40-31(41-30)46-17-33-5-1-9-43(33)10-2-6-33/h3-4,13H,1-2,5-12,14,16-17,39H2. The predicted molar refractivity (Wildman–Crippen MR) is 179 cm³/mol. The van der Waals surface area contributed by atoms with Gasteiger partial charge in [-0.25, -0.2) is 8.78 Å². The van der Waals surface area contributed by atoms with E-state index in [2.05, 4.69) is 9.88 Å². The SMILES string of the molecule is N#Cc1c(N)sc2c(F)ccc(-c3c(Cl)cc4c(N5CCC6(CCN6C(=O)CCl)C5)nc(OCC56CCCN5CCC6)nc4c3F)c12. The third kappa shape index (κ3) is 4.65. The number of carbonyl (C=O) groups excluding carboxylic acids is 1. The average Bonchev–Trinajstić information content (AvgIpc) is 3.83. The van der Waals surface area contributed by atoms with Crippen LogP contribution in [0.2, 0.25) is 5.02 Å². The normalized spacial score (nSPS) is 21.9. The van der Waals surface area contributed by atoms with Crippen molar-refractivity contribution in [3.05, 3.63) is 40.4 Å². The fourth-order valence-electron chi connectivity index (χ4n) is 8.34. The Morgan fingerprint density at radius 1 is 1.13 bits per heavy atom. The van der Waals surface area contributed by atoms with Crippen molar-refractivity contribution in [1.29, 1.82) is 5.26 Å². The molecular formula is C33H31Cl2F2N7O2S. The summed E-state index contributed by atoms with van der Waals surface area (Å²) in [5.41, 5.74) is 5.92. The fourth-order valence-corrected chi connectivity index (χ4v) is 9.73. The molecule has 1 amide bonds. The molecule has 8 rings (SSSR count). The van der Waals surface area contributed by atoms with Gasteiger partial charge < -0.3 is 20.3 Å². The lowest BCUT2D eigenvalue weighted by molar-refractivity contribution is -0.142. The van der Waals surface area contributed by atoms with Crippen LogP contribution in [0.5, 0.6) is 6.01 Å². The second-order valence-electron chi connectivity index (χ2n) is 13.1. The van der Waals surface area contributed by atoms with Gasteiger partial charge in [0, 0.05) is 36.0 Å². The molecule has 244 valence electrons. The van der Waals surface area contributed by atoms with Crippen LogP contribution in [0.3, 0.4) is 0 Å². The van der Waals surface area contributed by atoms with Crippen molar-refractivity contribution in [1.82, 2.24) is 19.8 Å². The highest BCUT2D eigenvalue weighted by molar-refractivity contribution is 7.23. The van der Waals surface area contributed by atoms with Gasteiger partial charge in [-0.2, -0.15) is 15.2 Å². The summed E-state index contributed by atoms with van der Waals surface area (Å²) in [4.78, 5) is 28.4. The summed E-state index contributed by atoms with van der Waals surface area (Å²) in [5.74, 6) is -1.02. The number of nitrogens with two attached hydrogens (primary N) is 1. The van der Waals surface area contributed by atoms with Crippen LogP contribution in [0.1, 0.15) is 44.1 Å². The van der Waals surface area contributed by atoms with Gasteiger partial charge in [0.15, 0.2) is 5.82 Å². The quantitative estimate of drug-likeness (QED) is 0.233. The number of thiophene rings is 1. The number of hydrogen-bond acceptors (Lipinski definition) is 9.